The van der Waals surface area contributed by atoms with E-state index in [9.17, 15) is 4.79 Å². The second-order valence-electron chi connectivity index (χ2n) is 5.97. The predicted octanol–water partition coefficient (Wildman–Crippen LogP) is 4.12. The summed E-state index contributed by atoms with van der Waals surface area (Å²) in [6.07, 6.45) is 2.76. The number of methoxy groups -OCH3 is 1. The first kappa shape index (κ1) is 19.6. The lowest BCUT2D eigenvalue weighted by molar-refractivity contribution is -0.136. The Hall–Kier alpha value is -2.69. The second kappa shape index (κ2) is 10.3. The van der Waals surface area contributed by atoms with E-state index in [0.717, 1.165) is 24.2 Å². The smallest absolute Gasteiger partial charge is 0.303 e. The number of rotatable bonds is 11. The van der Waals surface area contributed by atoms with Crippen LogP contribution < -0.4 is 14.2 Å². The topological polar surface area (TPSA) is 65.0 Å². The summed E-state index contributed by atoms with van der Waals surface area (Å²) in [7, 11) is 1.57. The van der Waals surface area contributed by atoms with Crippen molar-refractivity contribution in [3.8, 4) is 17.2 Å². The maximum absolute atomic E-state index is 10.7. The molecule has 0 saturated heterocycles. The van der Waals surface area contributed by atoms with Gasteiger partial charge in [0.15, 0.2) is 11.5 Å². The molecule has 1 N–H and O–H groups in total. The normalized spacial score (nSPS) is 10.4. The van der Waals surface area contributed by atoms with E-state index in [1.165, 1.54) is 5.56 Å². The van der Waals surface area contributed by atoms with Crippen molar-refractivity contribution in [3.05, 3.63) is 53.6 Å². The van der Waals surface area contributed by atoms with Gasteiger partial charge in [0.05, 0.1) is 7.11 Å². The Kier molecular flexibility index (Phi) is 7.80. The van der Waals surface area contributed by atoms with Crippen molar-refractivity contribution in [1.82, 2.24) is 0 Å². The number of hydrogen-bond donors (Lipinski definition) is 1. The zero-order valence-corrected chi connectivity index (χ0v) is 15.4. The van der Waals surface area contributed by atoms with Crippen LogP contribution in [0.15, 0.2) is 42.5 Å². The number of carboxylic acids is 1. The summed E-state index contributed by atoms with van der Waals surface area (Å²) < 4.78 is 16.7. The molecule has 0 bridgehead atoms. The second-order valence-corrected chi connectivity index (χ2v) is 5.97. The van der Waals surface area contributed by atoms with E-state index in [-0.39, 0.29) is 6.42 Å². The summed E-state index contributed by atoms with van der Waals surface area (Å²) in [6, 6.07) is 13.6. The molecule has 5 nitrogen and oxygen atoms in total. The molecule has 26 heavy (non-hydrogen) atoms. The molecule has 0 radical (unpaired) electrons. The van der Waals surface area contributed by atoms with Gasteiger partial charge in [0.1, 0.15) is 19.0 Å². The summed E-state index contributed by atoms with van der Waals surface area (Å²) in [5.74, 6) is 1.22. The molecule has 140 valence electrons. The first-order valence-corrected chi connectivity index (χ1v) is 8.85. The van der Waals surface area contributed by atoms with Crippen molar-refractivity contribution >= 4 is 5.97 Å². The van der Waals surface area contributed by atoms with Gasteiger partial charge < -0.3 is 19.3 Å². The molecule has 0 aromatic heterocycles. The van der Waals surface area contributed by atoms with Crippen LogP contribution in [-0.4, -0.2) is 31.4 Å². The number of benzene rings is 2. The summed E-state index contributed by atoms with van der Waals surface area (Å²) >= 11 is 0. The highest BCUT2D eigenvalue weighted by molar-refractivity contribution is 5.67. The lowest BCUT2D eigenvalue weighted by Gasteiger charge is -2.13. The predicted molar refractivity (Wildman–Crippen MR) is 100 cm³/mol. The van der Waals surface area contributed by atoms with Crippen LogP contribution in [0.4, 0.5) is 0 Å². The number of aliphatic carboxylic acids is 1. The standard InChI is InChI=1S/C21H26O5/c1-3-4-16-5-9-18(10-6-16)25-13-14-26-19-11-7-17(8-12-21(22)23)15-20(19)24-2/h5-7,9-11,15H,3-4,8,12-14H2,1-2H3,(H,22,23). The Morgan fingerprint density at radius 1 is 0.923 bits per heavy atom. The highest BCUT2D eigenvalue weighted by Crippen LogP contribution is 2.28. The summed E-state index contributed by atoms with van der Waals surface area (Å²) in [5, 5.41) is 8.77. The first-order valence-electron chi connectivity index (χ1n) is 8.85. The minimum Gasteiger partial charge on any atom is -0.493 e. The zero-order chi connectivity index (χ0) is 18.8. The van der Waals surface area contributed by atoms with E-state index >= 15 is 0 Å². The Morgan fingerprint density at radius 2 is 1.62 bits per heavy atom. The molecule has 0 unspecified atom stereocenters. The molecule has 2 aromatic carbocycles. The third-order valence-corrected chi connectivity index (χ3v) is 3.93. The molecule has 2 rings (SSSR count). The number of ether oxygens (including phenoxy) is 3. The highest BCUT2D eigenvalue weighted by atomic mass is 16.5. The maximum atomic E-state index is 10.7. The van der Waals surface area contributed by atoms with Gasteiger partial charge in [-0.1, -0.05) is 31.5 Å². The maximum Gasteiger partial charge on any atom is 0.303 e. The first-order chi connectivity index (χ1) is 12.6. The number of aryl methyl sites for hydroxylation is 2. The average Bonchev–Trinajstić information content (AvgIpc) is 2.65. The Bertz CT molecular complexity index is 694. The Morgan fingerprint density at radius 3 is 2.27 bits per heavy atom. The van der Waals surface area contributed by atoms with Crippen LogP contribution in [0.5, 0.6) is 17.2 Å². The minimum absolute atomic E-state index is 0.0915. The zero-order valence-electron chi connectivity index (χ0n) is 15.4. The monoisotopic (exact) mass is 358 g/mol. The van der Waals surface area contributed by atoms with E-state index in [0.29, 0.717) is 31.1 Å². The molecule has 0 heterocycles. The van der Waals surface area contributed by atoms with Crippen molar-refractivity contribution in [2.24, 2.45) is 0 Å². The third-order valence-electron chi connectivity index (χ3n) is 3.93. The van der Waals surface area contributed by atoms with Crippen molar-refractivity contribution in [1.29, 1.82) is 0 Å². The van der Waals surface area contributed by atoms with E-state index in [2.05, 4.69) is 19.1 Å². The van der Waals surface area contributed by atoms with E-state index < -0.39 is 5.97 Å². The van der Waals surface area contributed by atoms with Crippen molar-refractivity contribution < 1.29 is 24.1 Å². The van der Waals surface area contributed by atoms with Crippen LogP contribution in [0, 0.1) is 0 Å². The quantitative estimate of drug-likeness (QED) is 0.612. The van der Waals surface area contributed by atoms with Crippen LogP contribution in [0.1, 0.15) is 30.9 Å². The van der Waals surface area contributed by atoms with E-state index in [1.807, 2.05) is 24.3 Å². The van der Waals surface area contributed by atoms with Crippen LogP contribution in [0.3, 0.4) is 0 Å². The summed E-state index contributed by atoms with van der Waals surface area (Å²) in [5.41, 5.74) is 2.21. The van der Waals surface area contributed by atoms with Gasteiger partial charge in [-0.25, -0.2) is 0 Å². The fourth-order valence-corrected chi connectivity index (χ4v) is 2.59. The third kappa shape index (κ3) is 6.31. The lowest BCUT2D eigenvalue weighted by atomic mass is 10.1. The van der Waals surface area contributed by atoms with Crippen molar-refractivity contribution in [3.63, 3.8) is 0 Å². The molecule has 0 aliphatic rings. The van der Waals surface area contributed by atoms with Gasteiger partial charge in [-0.3, -0.25) is 4.79 Å². The number of hydrogen-bond acceptors (Lipinski definition) is 4. The average molecular weight is 358 g/mol. The van der Waals surface area contributed by atoms with Gasteiger partial charge in [0.2, 0.25) is 0 Å². The molecule has 0 aliphatic heterocycles. The number of carbonyl (C=O) groups is 1. The van der Waals surface area contributed by atoms with Crippen LogP contribution >= 0.6 is 0 Å². The van der Waals surface area contributed by atoms with Gasteiger partial charge in [0.25, 0.3) is 0 Å². The summed E-state index contributed by atoms with van der Waals surface area (Å²) in [4.78, 5) is 10.7. The lowest BCUT2D eigenvalue weighted by Crippen LogP contribution is -2.09. The van der Waals surface area contributed by atoms with Gasteiger partial charge >= 0.3 is 5.97 Å². The Balaban J connectivity index is 1.81. The van der Waals surface area contributed by atoms with Crippen LogP contribution in [-0.2, 0) is 17.6 Å². The van der Waals surface area contributed by atoms with Gasteiger partial charge in [-0.05, 0) is 48.2 Å². The highest BCUT2D eigenvalue weighted by Gasteiger charge is 2.07. The molecule has 0 amide bonds. The molecule has 0 aliphatic carbocycles. The minimum atomic E-state index is -0.816. The van der Waals surface area contributed by atoms with Gasteiger partial charge in [0, 0.05) is 6.42 Å². The van der Waals surface area contributed by atoms with Crippen molar-refractivity contribution in [2.45, 2.75) is 32.6 Å². The van der Waals surface area contributed by atoms with Gasteiger partial charge in [-0.2, -0.15) is 0 Å². The fraction of sp³-hybridized carbons (Fsp3) is 0.381. The molecule has 2 aromatic rings. The van der Waals surface area contributed by atoms with Crippen LogP contribution in [0.25, 0.3) is 0 Å². The summed E-state index contributed by atoms with van der Waals surface area (Å²) in [6.45, 7) is 2.98. The number of carboxylic acid groups (broad SMARTS) is 1. The van der Waals surface area contributed by atoms with Gasteiger partial charge in [-0.15, -0.1) is 0 Å². The molecule has 0 atom stereocenters. The molecular weight excluding hydrogens is 332 g/mol. The van der Waals surface area contributed by atoms with E-state index in [4.69, 9.17) is 19.3 Å². The molecular formula is C21H26O5. The fourth-order valence-electron chi connectivity index (χ4n) is 2.59. The Labute approximate surface area is 154 Å². The molecule has 0 saturated carbocycles. The SMILES string of the molecule is CCCc1ccc(OCCOc2ccc(CCC(=O)O)cc2OC)cc1. The van der Waals surface area contributed by atoms with E-state index in [1.54, 1.807) is 13.2 Å². The molecule has 5 heteroatoms. The van der Waals surface area contributed by atoms with Crippen molar-refractivity contribution in [2.75, 3.05) is 20.3 Å². The largest absolute Gasteiger partial charge is 0.493 e. The molecule has 0 fully saturated rings. The van der Waals surface area contributed by atoms with Crippen LogP contribution in [0.2, 0.25) is 0 Å². The molecule has 0 spiro atoms.